The van der Waals surface area contributed by atoms with Crippen molar-refractivity contribution >= 4 is 9.84 Å². The fraction of sp³-hybridized carbons (Fsp3) is 1.00. The second-order valence-electron chi connectivity index (χ2n) is 4.18. The highest BCUT2D eigenvalue weighted by Crippen LogP contribution is 2.04. The molecule has 1 rings (SSSR count). The van der Waals surface area contributed by atoms with Gasteiger partial charge in [0.2, 0.25) is 0 Å². The van der Waals surface area contributed by atoms with Crippen LogP contribution in [0.4, 0.5) is 0 Å². The molecule has 0 aromatic rings. The summed E-state index contributed by atoms with van der Waals surface area (Å²) in [5, 5.41) is 0. The molecule has 1 aliphatic rings. The third-order valence-corrected chi connectivity index (χ3v) is 4.55. The predicted molar refractivity (Wildman–Crippen MR) is 64.2 cm³/mol. The van der Waals surface area contributed by atoms with Gasteiger partial charge in [0.25, 0.3) is 0 Å². The molecule has 0 saturated carbocycles. The topological polar surface area (TPSA) is 72.6 Å². The minimum absolute atomic E-state index is 0.0580. The molecule has 0 aromatic heterocycles. The summed E-state index contributed by atoms with van der Waals surface area (Å²) in [6, 6.07) is 0. The molecule has 1 unspecified atom stereocenters. The van der Waals surface area contributed by atoms with E-state index in [1.165, 1.54) is 0 Å². The molecular formula is C10H22N2O3S. The molecule has 5 nitrogen and oxygen atoms in total. The largest absolute Gasteiger partial charge is 0.374 e. The minimum atomic E-state index is -2.87. The van der Waals surface area contributed by atoms with Crippen molar-refractivity contribution < 1.29 is 13.2 Å². The smallest absolute Gasteiger partial charge is 0.151 e. The summed E-state index contributed by atoms with van der Waals surface area (Å²) in [6.45, 7) is 5.18. The van der Waals surface area contributed by atoms with Crippen molar-refractivity contribution in [3.63, 3.8) is 0 Å². The monoisotopic (exact) mass is 250 g/mol. The minimum Gasteiger partial charge on any atom is -0.374 e. The van der Waals surface area contributed by atoms with Crippen molar-refractivity contribution in [2.45, 2.75) is 19.4 Å². The first-order valence-corrected chi connectivity index (χ1v) is 7.64. The third-order valence-electron chi connectivity index (χ3n) is 2.72. The summed E-state index contributed by atoms with van der Waals surface area (Å²) in [5.41, 5.74) is 5.53. The molecule has 1 heterocycles. The van der Waals surface area contributed by atoms with Crippen molar-refractivity contribution in [2.24, 2.45) is 5.73 Å². The molecule has 0 spiro atoms. The Balaban J connectivity index is 2.32. The average molecular weight is 250 g/mol. The highest BCUT2D eigenvalue weighted by molar-refractivity contribution is 7.91. The highest BCUT2D eigenvalue weighted by Gasteiger charge is 2.20. The lowest BCUT2D eigenvalue weighted by atomic mass is 10.3. The van der Waals surface area contributed by atoms with Gasteiger partial charge in [0.05, 0.1) is 18.5 Å². The van der Waals surface area contributed by atoms with Gasteiger partial charge in [-0.1, -0.05) is 6.92 Å². The molecule has 2 N–H and O–H groups in total. The predicted octanol–water partition coefficient (Wildman–Crippen LogP) is -0.529. The maximum Gasteiger partial charge on any atom is 0.151 e. The Morgan fingerprint density at radius 3 is 2.81 bits per heavy atom. The van der Waals surface area contributed by atoms with Crippen LogP contribution in [0.2, 0.25) is 0 Å². The Hall–Kier alpha value is -0.170. The summed E-state index contributed by atoms with van der Waals surface area (Å²) in [4.78, 5) is 2.12. The summed E-state index contributed by atoms with van der Waals surface area (Å²) in [7, 11) is -2.87. The van der Waals surface area contributed by atoms with Crippen LogP contribution < -0.4 is 5.73 Å². The second kappa shape index (κ2) is 6.54. The Kier molecular flexibility index (Phi) is 5.68. The molecule has 0 bridgehead atoms. The number of rotatable bonds is 6. The zero-order valence-electron chi connectivity index (χ0n) is 9.89. The van der Waals surface area contributed by atoms with Gasteiger partial charge in [-0.2, -0.15) is 0 Å². The molecule has 0 amide bonds. The molecule has 96 valence electrons. The first-order valence-electron chi connectivity index (χ1n) is 5.82. The van der Waals surface area contributed by atoms with E-state index in [9.17, 15) is 8.42 Å². The van der Waals surface area contributed by atoms with Gasteiger partial charge in [0, 0.05) is 31.9 Å². The van der Waals surface area contributed by atoms with E-state index in [-0.39, 0.29) is 17.6 Å². The highest BCUT2D eigenvalue weighted by atomic mass is 32.2. The van der Waals surface area contributed by atoms with E-state index in [4.69, 9.17) is 10.5 Å². The van der Waals surface area contributed by atoms with Crippen LogP contribution in [-0.2, 0) is 14.6 Å². The summed E-state index contributed by atoms with van der Waals surface area (Å²) < 4.78 is 28.5. The third kappa shape index (κ3) is 4.78. The lowest BCUT2D eigenvalue weighted by molar-refractivity contribution is -0.0209. The molecular weight excluding hydrogens is 228 g/mol. The van der Waals surface area contributed by atoms with Crippen molar-refractivity contribution in [1.29, 1.82) is 0 Å². The normalized spacial score (nSPS) is 23.5. The summed E-state index contributed by atoms with van der Waals surface area (Å²) >= 11 is 0. The molecule has 0 radical (unpaired) electrons. The van der Waals surface area contributed by atoms with E-state index in [0.717, 1.165) is 13.1 Å². The Morgan fingerprint density at radius 2 is 2.19 bits per heavy atom. The van der Waals surface area contributed by atoms with Gasteiger partial charge < -0.3 is 10.5 Å². The van der Waals surface area contributed by atoms with Crippen LogP contribution in [0.15, 0.2) is 0 Å². The van der Waals surface area contributed by atoms with Crippen molar-refractivity contribution in [3.05, 3.63) is 0 Å². The summed E-state index contributed by atoms with van der Waals surface area (Å²) in [6.07, 6.45) is 0.749. The quantitative estimate of drug-likeness (QED) is 0.686. The van der Waals surface area contributed by atoms with Gasteiger partial charge in [0.1, 0.15) is 0 Å². The Labute approximate surface area is 97.9 Å². The number of nitrogens with zero attached hydrogens (tertiary/aromatic N) is 1. The van der Waals surface area contributed by atoms with Crippen LogP contribution in [0, 0.1) is 0 Å². The summed E-state index contributed by atoms with van der Waals surface area (Å²) in [5.74, 6) is 0.537. The first-order chi connectivity index (χ1) is 7.57. The standard InChI is InChI=1S/C10H22N2O3S/c1-2-6-16(13,14)7-4-12-3-5-15-10(8-11)9-12/h10H,2-9,11H2,1H3. The zero-order chi connectivity index (χ0) is 12.0. The molecule has 1 atom stereocenters. The van der Waals surface area contributed by atoms with Crippen molar-refractivity contribution in [2.75, 3.05) is 44.3 Å². The molecule has 0 aromatic carbocycles. The fourth-order valence-electron chi connectivity index (χ4n) is 1.81. The van der Waals surface area contributed by atoms with Crippen LogP contribution >= 0.6 is 0 Å². The van der Waals surface area contributed by atoms with E-state index in [1.807, 2.05) is 6.92 Å². The van der Waals surface area contributed by atoms with Crippen LogP contribution in [0.5, 0.6) is 0 Å². The Bertz CT molecular complexity index is 292. The number of hydrogen-bond acceptors (Lipinski definition) is 5. The maximum absolute atomic E-state index is 11.5. The van der Waals surface area contributed by atoms with Gasteiger partial charge in [-0.05, 0) is 6.42 Å². The fourth-order valence-corrected chi connectivity index (χ4v) is 3.17. The molecule has 16 heavy (non-hydrogen) atoms. The van der Waals surface area contributed by atoms with Gasteiger partial charge >= 0.3 is 0 Å². The zero-order valence-corrected chi connectivity index (χ0v) is 10.7. The lowest BCUT2D eigenvalue weighted by Crippen LogP contribution is -2.47. The number of nitrogens with two attached hydrogens (primary N) is 1. The average Bonchev–Trinajstić information content (AvgIpc) is 2.27. The molecule has 1 fully saturated rings. The van der Waals surface area contributed by atoms with E-state index in [2.05, 4.69) is 4.90 Å². The van der Waals surface area contributed by atoms with Crippen LogP contribution in [0.1, 0.15) is 13.3 Å². The van der Waals surface area contributed by atoms with Crippen LogP contribution in [0.25, 0.3) is 0 Å². The van der Waals surface area contributed by atoms with E-state index in [1.54, 1.807) is 0 Å². The van der Waals surface area contributed by atoms with Crippen LogP contribution in [-0.4, -0.2) is 63.7 Å². The van der Waals surface area contributed by atoms with Crippen LogP contribution in [0.3, 0.4) is 0 Å². The van der Waals surface area contributed by atoms with E-state index in [0.29, 0.717) is 26.1 Å². The molecule has 1 saturated heterocycles. The lowest BCUT2D eigenvalue weighted by Gasteiger charge is -2.32. The van der Waals surface area contributed by atoms with E-state index >= 15 is 0 Å². The SMILES string of the molecule is CCCS(=O)(=O)CCN1CCOC(CN)C1. The molecule has 6 heteroatoms. The van der Waals surface area contributed by atoms with Gasteiger partial charge in [-0.3, -0.25) is 4.90 Å². The number of morpholine rings is 1. The maximum atomic E-state index is 11.5. The second-order valence-corrected chi connectivity index (χ2v) is 6.48. The first kappa shape index (κ1) is 13.9. The Morgan fingerprint density at radius 1 is 1.44 bits per heavy atom. The molecule has 1 aliphatic heterocycles. The van der Waals surface area contributed by atoms with Gasteiger partial charge in [-0.25, -0.2) is 8.42 Å². The van der Waals surface area contributed by atoms with Gasteiger partial charge in [0.15, 0.2) is 9.84 Å². The number of hydrogen-bond donors (Lipinski definition) is 1. The van der Waals surface area contributed by atoms with Crippen molar-refractivity contribution in [1.82, 2.24) is 4.90 Å². The number of ether oxygens (including phenoxy) is 1. The number of sulfone groups is 1. The van der Waals surface area contributed by atoms with Crippen molar-refractivity contribution in [3.8, 4) is 0 Å². The van der Waals surface area contributed by atoms with E-state index < -0.39 is 9.84 Å². The van der Waals surface area contributed by atoms with Gasteiger partial charge in [-0.15, -0.1) is 0 Å². The molecule has 0 aliphatic carbocycles.